The lowest BCUT2D eigenvalue weighted by molar-refractivity contribution is -0.143. The highest BCUT2D eigenvalue weighted by atomic mass is 16.5. The zero-order chi connectivity index (χ0) is 18.4. The average Bonchev–Trinajstić information content (AvgIpc) is 2.62. The molecule has 3 heteroatoms. The summed E-state index contributed by atoms with van der Waals surface area (Å²) < 4.78 is 5.16. The lowest BCUT2D eigenvalue weighted by atomic mass is 10.1. The lowest BCUT2D eigenvalue weighted by Crippen LogP contribution is -2.07. The molecule has 148 valence electrons. The van der Waals surface area contributed by atoms with E-state index in [1.807, 2.05) is 0 Å². The van der Waals surface area contributed by atoms with Gasteiger partial charge in [-0.15, -0.1) is 0 Å². The third-order valence-electron chi connectivity index (χ3n) is 4.50. The van der Waals surface area contributed by atoms with E-state index < -0.39 is 0 Å². The highest BCUT2D eigenvalue weighted by Crippen LogP contribution is 2.10. The van der Waals surface area contributed by atoms with Crippen molar-refractivity contribution in [3.8, 4) is 0 Å². The Morgan fingerprint density at radius 2 is 1.32 bits per heavy atom. The molecule has 0 radical (unpaired) electrons. The third-order valence-corrected chi connectivity index (χ3v) is 4.50. The van der Waals surface area contributed by atoms with Crippen molar-refractivity contribution in [2.45, 2.75) is 110 Å². The van der Waals surface area contributed by atoms with Gasteiger partial charge in [0, 0.05) is 6.42 Å². The Labute approximate surface area is 156 Å². The largest absolute Gasteiger partial charge is 0.466 e. The van der Waals surface area contributed by atoms with Crippen molar-refractivity contribution in [1.82, 2.24) is 0 Å². The molecule has 0 aromatic carbocycles. The average molecular weight is 354 g/mol. The number of carbonyl (C=O) groups excluding carboxylic acids is 1. The maximum Gasteiger partial charge on any atom is 0.305 e. The smallest absolute Gasteiger partial charge is 0.305 e. The molecule has 0 bridgehead atoms. The Kier molecular flexibility index (Phi) is 20.5. The van der Waals surface area contributed by atoms with Crippen molar-refractivity contribution in [3.63, 3.8) is 0 Å². The van der Waals surface area contributed by atoms with E-state index in [1.54, 1.807) is 0 Å². The van der Waals surface area contributed by atoms with Crippen molar-refractivity contribution >= 4 is 5.97 Å². The monoisotopic (exact) mass is 353 g/mol. The van der Waals surface area contributed by atoms with Crippen LogP contribution < -0.4 is 5.73 Å². The van der Waals surface area contributed by atoms with Gasteiger partial charge in [-0.1, -0.05) is 70.4 Å². The zero-order valence-corrected chi connectivity index (χ0v) is 16.8. The molecule has 0 saturated heterocycles. The molecule has 0 atom stereocenters. The predicted molar refractivity (Wildman–Crippen MR) is 109 cm³/mol. The molecule has 0 aromatic rings. The summed E-state index contributed by atoms with van der Waals surface area (Å²) in [6.07, 6.45) is 23.7. The molecule has 3 nitrogen and oxygen atoms in total. The number of hydrogen-bond acceptors (Lipinski definition) is 3. The van der Waals surface area contributed by atoms with Gasteiger partial charge in [0.25, 0.3) is 0 Å². The fraction of sp³-hybridized carbons (Fsp3) is 0.864. The molecule has 0 rings (SSSR count). The summed E-state index contributed by atoms with van der Waals surface area (Å²) in [6, 6.07) is 0. The van der Waals surface area contributed by atoms with Gasteiger partial charge in [-0.2, -0.15) is 0 Å². The number of unbranched alkanes of at least 4 members (excludes halogenated alkanes) is 12. The summed E-state index contributed by atoms with van der Waals surface area (Å²) in [5.74, 6) is -0.0466. The zero-order valence-electron chi connectivity index (χ0n) is 16.8. The van der Waals surface area contributed by atoms with Crippen LogP contribution in [0.2, 0.25) is 0 Å². The van der Waals surface area contributed by atoms with Gasteiger partial charge < -0.3 is 10.5 Å². The summed E-state index contributed by atoms with van der Waals surface area (Å²) in [5, 5.41) is 0. The first-order valence-corrected chi connectivity index (χ1v) is 10.8. The number of ether oxygens (including phenoxy) is 1. The highest BCUT2D eigenvalue weighted by Gasteiger charge is 2.01. The summed E-state index contributed by atoms with van der Waals surface area (Å²) >= 11 is 0. The lowest BCUT2D eigenvalue weighted by Gasteiger charge is -2.04. The van der Waals surface area contributed by atoms with Gasteiger partial charge in [0.15, 0.2) is 0 Å². The van der Waals surface area contributed by atoms with E-state index in [4.69, 9.17) is 10.5 Å². The molecular weight excluding hydrogens is 310 g/mol. The molecule has 0 spiro atoms. The van der Waals surface area contributed by atoms with E-state index in [9.17, 15) is 4.79 Å². The molecule has 0 fully saturated rings. The number of nitrogens with two attached hydrogens (primary N) is 1. The fourth-order valence-corrected chi connectivity index (χ4v) is 2.84. The van der Waals surface area contributed by atoms with Crippen LogP contribution in [-0.4, -0.2) is 19.1 Å². The van der Waals surface area contributed by atoms with Gasteiger partial charge in [-0.05, 0) is 51.5 Å². The second-order valence-electron chi connectivity index (χ2n) is 7.05. The van der Waals surface area contributed by atoms with Gasteiger partial charge in [0.1, 0.15) is 0 Å². The molecule has 2 N–H and O–H groups in total. The summed E-state index contributed by atoms with van der Waals surface area (Å²) in [5.41, 5.74) is 5.40. The molecule has 0 heterocycles. The first kappa shape index (κ1) is 24.2. The minimum absolute atomic E-state index is 0.0466. The van der Waals surface area contributed by atoms with Crippen LogP contribution in [0.3, 0.4) is 0 Å². The minimum Gasteiger partial charge on any atom is -0.466 e. The van der Waals surface area contributed by atoms with E-state index >= 15 is 0 Å². The van der Waals surface area contributed by atoms with E-state index in [-0.39, 0.29) is 5.97 Å². The second kappa shape index (κ2) is 21.2. The number of esters is 1. The topological polar surface area (TPSA) is 52.3 Å². The normalized spacial score (nSPS) is 11.3. The summed E-state index contributed by atoms with van der Waals surface area (Å²) in [7, 11) is 0. The number of rotatable bonds is 19. The standard InChI is InChI=1S/C22H43NO2/c1-2-3-4-5-6-7-8-9-10-11-12-13-14-15-16-19-22(24)25-21-18-17-20-23/h9-10H,2-8,11-21,23H2,1H3/b10-9-. The van der Waals surface area contributed by atoms with Crippen LogP contribution in [0.1, 0.15) is 110 Å². The van der Waals surface area contributed by atoms with Crippen molar-refractivity contribution in [2.24, 2.45) is 5.73 Å². The summed E-state index contributed by atoms with van der Waals surface area (Å²) in [6.45, 7) is 3.47. The van der Waals surface area contributed by atoms with E-state index in [1.165, 1.54) is 70.6 Å². The van der Waals surface area contributed by atoms with E-state index in [0.29, 0.717) is 19.6 Å². The number of carbonyl (C=O) groups is 1. The Morgan fingerprint density at radius 1 is 0.760 bits per heavy atom. The van der Waals surface area contributed by atoms with Gasteiger partial charge in [-0.25, -0.2) is 0 Å². The van der Waals surface area contributed by atoms with Gasteiger partial charge in [-0.3, -0.25) is 4.79 Å². The molecule has 0 unspecified atom stereocenters. The molecule has 0 aliphatic heterocycles. The van der Waals surface area contributed by atoms with E-state index in [0.717, 1.165) is 25.7 Å². The van der Waals surface area contributed by atoms with Crippen molar-refractivity contribution in [1.29, 1.82) is 0 Å². The maximum atomic E-state index is 11.5. The molecule has 0 aliphatic carbocycles. The maximum absolute atomic E-state index is 11.5. The predicted octanol–water partition coefficient (Wildman–Crippen LogP) is 6.31. The van der Waals surface area contributed by atoms with E-state index in [2.05, 4.69) is 19.1 Å². The van der Waals surface area contributed by atoms with Gasteiger partial charge in [0.05, 0.1) is 6.61 Å². The van der Waals surface area contributed by atoms with Crippen LogP contribution in [0.15, 0.2) is 12.2 Å². The highest BCUT2D eigenvalue weighted by molar-refractivity contribution is 5.69. The fourth-order valence-electron chi connectivity index (χ4n) is 2.84. The van der Waals surface area contributed by atoms with Crippen LogP contribution in [0.5, 0.6) is 0 Å². The quantitative estimate of drug-likeness (QED) is 0.168. The van der Waals surface area contributed by atoms with Crippen molar-refractivity contribution < 1.29 is 9.53 Å². The third kappa shape index (κ3) is 21.1. The molecule has 0 saturated carbocycles. The van der Waals surface area contributed by atoms with Crippen LogP contribution in [0, 0.1) is 0 Å². The first-order valence-electron chi connectivity index (χ1n) is 10.8. The SMILES string of the molecule is CCCCCCCC/C=C\CCCCCCCC(=O)OCCCCN. The van der Waals surface area contributed by atoms with Crippen molar-refractivity contribution in [2.75, 3.05) is 13.2 Å². The van der Waals surface area contributed by atoms with Crippen molar-refractivity contribution in [3.05, 3.63) is 12.2 Å². The van der Waals surface area contributed by atoms with Crippen LogP contribution in [-0.2, 0) is 9.53 Å². The molecule has 0 aromatic heterocycles. The van der Waals surface area contributed by atoms with Crippen LogP contribution >= 0.6 is 0 Å². The Bertz CT molecular complexity index is 302. The molecule has 0 amide bonds. The number of allylic oxidation sites excluding steroid dienone is 2. The van der Waals surface area contributed by atoms with Gasteiger partial charge >= 0.3 is 5.97 Å². The van der Waals surface area contributed by atoms with Gasteiger partial charge in [0.2, 0.25) is 0 Å². The number of hydrogen-bond donors (Lipinski definition) is 1. The van der Waals surface area contributed by atoms with Crippen LogP contribution in [0.4, 0.5) is 0 Å². The second-order valence-corrected chi connectivity index (χ2v) is 7.05. The first-order chi connectivity index (χ1) is 12.3. The Morgan fingerprint density at radius 3 is 1.92 bits per heavy atom. The Hall–Kier alpha value is -0.830. The van der Waals surface area contributed by atoms with Crippen LogP contribution in [0.25, 0.3) is 0 Å². The molecule has 0 aliphatic rings. The summed E-state index contributed by atoms with van der Waals surface area (Å²) in [4.78, 5) is 11.5. The molecule has 25 heavy (non-hydrogen) atoms. The molecular formula is C22H43NO2. The minimum atomic E-state index is -0.0466. The Balaban J connectivity index is 3.17.